The number of H-pyrrole nitrogens is 1. The summed E-state index contributed by atoms with van der Waals surface area (Å²) < 4.78 is 0. The normalized spacial score (nSPS) is 10.7. The summed E-state index contributed by atoms with van der Waals surface area (Å²) in [6, 6.07) is 1.92. The average molecular weight is 279 g/mol. The third-order valence-corrected chi connectivity index (χ3v) is 3.43. The molecule has 0 aliphatic heterocycles. The maximum Gasteiger partial charge on any atom is 0.225 e. The molecule has 1 heterocycles. The first-order chi connectivity index (χ1) is 9.76. The Bertz CT molecular complexity index is 374. The van der Waals surface area contributed by atoms with Crippen LogP contribution in [-0.2, 0) is 11.2 Å². The second kappa shape index (κ2) is 10.5. The van der Waals surface area contributed by atoms with Crippen LogP contribution in [0.1, 0.15) is 77.3 Å². The van der Waals surface area contributed by atoms with Crippen LogP contribution in [0.15, 0.2) is 6.07 Å². The van der Waals surface area contributed by atoms with Gasteiger partial charge < -0.3 is 5.32 Å². The van der Waals surface area contributed by atoms with Crippen molar-refractivity contribution in [1.82, 2.24) is 10.2 Å². The van der Waals surface area contributed by atoms with E-state index in [1.165, 1.54) is 32.1 Å². The SMILES string of the molecule is CCCCCCCCCC(=O)Nc1cc(CCC)[nH]n1. The van der Waals surface area contributed by atoms with Crippen molar-refractivity contribution in [3.63, 3.8) is 0 Å². The van der Waals surface area contributed by atoms with E-state index in [4.69, 9.17) is 0 Å². The zero-order valence-electron chi connectivity index (χ0n) is 13.0. The number of anilines is 1. The van der Waals surface area contributed by atoms with Gasteiger partial charge in [0.15, 0.2) is 5.82 Å². The summed E-state index contributed by atoms with van der Waals surface area (Å²) in [7, 11) is 0. The Kier molecular flexibility index (Phi) is 8.76. The summed E-state index contributed by atoms with van der Waals surface area (Å²) in [6.07, 6.45) is 11.3. The Morgan fingerprint density at radius 2 is 1.80 bits per heavy atom. The number of aryl methyl sites for hydroxylation is 1. The number of nitrogens with one attached hydrogen (secondary N) is 2. The Labute approximate surface area is 122 Å². The molecule has 0 aliphatic rings. The maximum atomic E-state index is 11.7. The molecule has 0 atom stereocenters. The third kappa shape index (κ3) is 7.31. The molecule has 0 radical (unpaired) electrons. The number of carbonyl (C=O) groups excluding carboxylic acids is 1. The van der Waals surface area contributed by atoms with E-state index >= 15 is 0 Å². The van der Waals surface area contributed by atoms with Gasteiger partial charge in [-0.05, 0) is 12.8 Å². The summed E-state index contributed by atoms with van der Waals surface area (Å²) in [5.74, 6) is 0.731. The highest BCUT2D eigenvalue weighted by Crippen LogP contribution is 2.10. The van der Waals surface area contributed by atoms with Gasteiger partial charge in [-0.2, -0.15) is 5.10 Å². The highest BCUT2D eigenvalue weighted by Gasteiger charge is 2.05. The van der Waals surface area contributed by atoms with Crippen molar-refractivity contribution in [2.75, 3.05) is 5.32 Å². The first-order valence-electron chi connectivity index (χ1n) is 8.10. The van der Waals surface area contributed by atoms with Gasteiger partial charge in [0.1, 0.15) is 0 Å². The minimum atomic E-state index is 0.0770. The van der Waals surface area contributed by atoms with Crippen molar-refractivity contribution in [2.45, 2.75) is 78.1 Å². The summed E-state index contributed by atoms with van der Waals surface area (Å²) in [6.45, 7) is 4.35. The smallest absolute Gasteiger partial charge is 0.225 e. The fraction of sp³-hybridized carbons (Fsp3) is 0.750. The standard InChI is InChI=1S/C16H29N3O/c1-3-5-6-7-8-9-10-12-16(20)17-15-13-14(11-4-2)18-19-15/h13H,3-12H2,1-2H3,(H2,17,18,19,20). The van der Waals surface area contributed by atoms with Crippen LogP contribution in [0.5, 0.6) is 0 Å². The zero-order valence-corrected chi connectivity index (χ0v) is 13.0. The largest absolute Gasteiger partial charge is 0.309 e. The molecule has 1 amide bonds. The molecule has 1 rings (SSSR count). The monoisotopic (exact) mass is 279 g/mol. The van der Waals surface area contributed by atoms with E-state index in [0.717, 1.165) is 31.4 Å². The lowest BCUT2D eigenvalue weighted by Crippen LogP contribution is -2.11. The second-order valence-corrected chi connectivity index (χ2v) is 5.45. The van der Waals surface area contributed by atoms with Gasteiger partial charge in [-0.1, -0.05) is 58.8 Å². The molecule has 0 fully saturated rings. The van der Waals surface area contributed by atoms with Crippen LogP contribution in [-0.4, -0.2) is 16.1 Å². The highest BCUT2D eigenvalue weighted by atomic mass is 16.1. The van der Waals surface area contributed by atoms with Crippen LogP contribution in [0.25, 0.3) is 0 Å². The number of nitrogens with zero attached hydrogens (tertiary/aromatic N) is 1. The van der Waals surface area contributed by atoms with Crippen LogP contribution in [0.2, 0.25) is 0 Å². The number of rotatable bonds is 11. The minimum absolute atomic E-state index is 0.0770. The summed E-state index contributed by atoms with van der Waals surface area (Å²) >= 11 is 0. The lowest BCUT2D eigenvalue weighted by molar-refractivity contribution is -0.116. The van der Waals surface area contributed by atoms with Gasteiger partial charge in [-0.3, -0.25) is 9.89 Å². The lowest BCUT2D eigenvalue weighted by Gasteiger charge is -2.02. The molecular formula is C16H29N3O. The van der Waals surface area contributed by atoms with Crippen molar-refractivity contribution in [2.24, 2.45) is 0 Å². The van der Waals surface area contributed by atoms with E-state index in [1.807, 2.05) is 6.07 Å². The highest BCUT2D eigenvalue weighted by molar-refractivity contribution is 5.89. The van der Waals surface area contributed by atoms with Gasteiger partial charge in [-0.15, -0.1) is 0 Å². The molecule has 20 heavy (non-hydrogen) atoms. The number of hydrogen-bond donors (Lipinski definition) is 2. The zero-order chi connectivity index (χ0) is 14.6. The predicted molar refractivity (Wildman–Crippen MR) is 83.8 cm³/mol. The molecule has 0 aromatic carbocycles. The summed E-state index contributed by atoms with van der Waals surface area (Å²) in [5.41, 5.74) is 1.08. The maximum absolute atomic E-state index is 11.7. The first-order valence-corrected chi connectivity index (χ1v) is 8.10. The first kappa shape index (κ1) is 16.7. The van der Waals surface area contributed by atoms with Crippen molar-refractivity contribution in [1.29, 1.82) is 0 Å². The topological polar surface area (TPSA) is 57.8 Å². The van der Waals surface area contributed by atoms with Crippen LogP contribution >= 0.6 is 0 Å². The molecule has 1 aromatic rings. The molecule has 0 unspecified atom stereocenters. The van der Waals surface area contributed by atoms with Gasteiger partial charge in [0.2, 0.25) is 5.91 Å². The Hall–Kier alpha value is -1.32. The van der Waals surface area contributed by atoms with Crippen LogP contribution in [0, 0.1) is 0 Å². The third-order valence-electron chi connectivity index (χ3n) is 3.43. The van der Waals surface area contributed by atoms with E-state index in [0.29, 0.717) is 12.2 Å². The second-order valence-electron chi connectivity index (χ2n) is 5.45. The number of aromatic nitrogens is 2. The fourth-order valence-electron chi connectivity index (χ4n) is 2.27. The number of aromatic amines is 1. The minimum Gasteiger partial charge on any atom is -0.309 e. The Morgan fingerprint density at radius 1 is 1.10 bits per heavy atom. The van der Waals surface area contributed by atoms with Crippen LogP contribution in [0.4, 0.5) is 5.82 Å². The Morgan fingerprint density at radius 3 is 2.50 bits per heavy atom. The van der Waals surface area contributed by atoms with E-state index < -0.39 is 0 Å². The predicted octanol–water partition coefficient (Wildman–Crippen LogP) is 4.44. The molecular weight excluding hydrogens is 250 g/mol. The molecule has 0 saturated heterocycles. The molecule has 0 bridgehead atoms. The molecule has 2 N–H and O–H groups in total. The average Bonchev–Trinajstić information content (AvgIpc) is 2.85. The van der Waals surface area contributed by atoms with E-state index in [9.17, 15) is 4.79 Å². The van der Waals surface area contributed by atoms with Crippen LogP contribution in [0.3, 0.4) is 0 Å². The van der Waals surface area contributed by atoms with Crippen molar-refractivity contribution in [3.8, 4) is 0 Å². The molecule has 1 aromatic heterocycles. The molecule has 0 spiro atoms. The van der Waals surface area contributed by atoms with Crippen LogP contribution < -0.4 is 5.32 Å². The van der Waals surface area contributed by atoms with Crippen molar-refractivity contribution >= 4 is 11.7 Å². The van der Waals surface area contributed by atoms with Gasteiger partial charge in [-0.25, -0.2) is 0 Å². The lowest BCUT2D eigenvalue weighted by atomic mass is 10.1. The quantitative estimate of drug-likeness (QED) is 0.588. The molecule has 0 aliphatic carbocycles. The number of carbonyl (C=O) groups is 1. The number of amides is 1. The van der Waals surface area contributed by atoms with Crippen molar-refractivity contribution < 1.29 is 4.79 Å². The van der Waals surface area contributed by atoms with Gasteiger partial charge in [0, 0.05) is 18.2 Å². The van der Waals surface area contributed by atoms with Gasteiger partial charge in [0.05, 0.1) is 0 Å². The summed E-state index contributed by atoms with van der Waals surface area (Å²) in [4.78, 5) is 11.7. The van der Waals surface area contributed by atoms with E-state index in [-0.39, 0.29) is 5.91 Å². The van der Waals surface area contributed by atoms with Gasteiger partial charge >= 0.3 is 0 Å². The van der Waals surface area contributed by atoms with E-state index in [2.05, 4.69) is 29.4 Å². The van der Waals surface area contributed by atoms with Gasteiger partial charge in [0.25, 0.3) is 0 Å². The van der Waals surface area contributed by atoms with Crippen molar-refractivity contribution in [3.05, 3.63) is 11.8 Å². The molecule has 0 saturated carbocycles. The number of hydrogen-bond acceptors (Lipinski definition) is 2. The molecule has 4 nitrogen and oxygen atoms in total. The fourth-order valence-corrected chi connectivity index (χ4v) is 2.27. The molecule has 114 valence electrons. The number of unbranched alkanes of at least 4 members (excludes halogenated alkanes) is 6. The van der Waals surface area contributed by atoms with E-state index in [1.54, 1.807) is 0 Å². The molecule has 4 heteroatoms. The summed E-state index contributed by atoms with van der Waals surface area (Å²) in [5, 5.41) is 9.89. The Balaban J connectivity index is 2.07.